The molecule has 1 saturated carbocycles. The molecule has 3 atom stereocenters. The number of likely N-dealkylation sites (tertiary alicyclic amines) is 1. The Hall–Kier alpha value is -0.570. The Morgan fingerprint density at radius 3 is 2.47 bits per heavy atom. The van der Waals surface area contributed by atoms with Crippen molar-refractivity contribution in [2.45, 2.75) is 77.4 Å². The topological polar surface area (TPSA) is 40.5 Å². The first-order valence-corrected chi connectivity index (χ1v) is 8.06. The van der Waals surface area contributed by atoms with E-state index in [-0.39, 0.29) is 18.1 Å². The fourth-order valence-corrected chi connectivity index (χ4v) is 3.89. The number of carbonyl (C=O) groups is 1. The van der Waals surface area contributed by atoms with Crippen molar-refractivity contribution in [3.05, 3.63) is 0 Å². The largest absolute Gasteiger partial charge is 0.393 e. The summed E-state index contributed by atoms with van der Waals surface area (Å²) in [5, 5.41) is 9.54. The molecule has 1 amide bonds. The fourth-order valence-electron chi connectivity index (χ4n) is 3.89. The second kappa shape index (κ2) is 6.74. The van der Waals surface area contributed by atoms with Gasteiger partial charge in [0.1, 0.15) is 0 Å². The lowest BCUT2D eigenvalue weighted by molar-refractivity contribution is -0.136. The monoisotopic (exact) mass is 267 g/mol. The van der Waals surface area contributed by atoms with Crippen molar-refractivity contribution < 1.29 is 9.90 Å². The number of nitrogens with zero attached hydrogens (tertiary/aromatic N) is 1. The Morgan fingerprint density at radius 1 is 1.16 bits per heavy atom. The molecule has 19 heavy (non-hydrogen) atoms. The third-order valence-electron chi connectivity index (χ3n) is 4.86. The Balaban J connectivity index is 1.86. The number of amides is 1. The molecular weight excluding hydrogens is 238 g/mol. The van der Waals surface area contributed by atoms with Crippen LogP contribution in [0.5, 0.6) is 0 Å². The molecule has 3 unspecified atom stereocenters. The van der Waals surface area contributed by atoms with Gasteiger partial charge in [-0.1, -0.05) is 32.6 Å². The van der Waals surface area contributed by atoms with Crippen LogP contribution in [0.25, 0.3) is 0 Å². The van der Waals surface area contributed by atoms with Gasteiger partial charge in [-0.3, -0.25) is 4.79 Å². The highest BCUT2D eigenvalue weighted by Gasteiger charge is 2.33. The number of aliphatic hydroxyl groups excluding tert-OH is 1. The molecule has 110 valence electrons. The van der Waals surface area contributed by atoms with E-state index in [1.165, 1.54) is 25.7 Å². The van der Waals surface area contributed by atoms with Crippen LogP contribution in [-0.2, 0) is 4.79 Å². The molecule has 2 aliphatic rings. The number of rotatable bonds is 5. The van der Waals surface area contributed by atoms with Gasteiger partial charge in [0.25, 0.3) is 0 Å². The van der Waals surface area contributed by atoms with E-state index in [1.807, 2.05) is 11.8 Å². The summed E-state index contributed by atoms with van der Waals surface area (Å²) >= 11 is 0. The van der Waals surface area contributed by atoms with Crippen molar-refractivity contribution in [2.75, 3.05) is 6.54 Å². The van der Waals surface area contributed by atoms with Gasteiger partial charge in [0.2, 0.25) is 5.91 Å². The van der Waals surface area contributed by atoms with E-state index in [0.717, 1.165) is 38.1 Å². The molecule has 1 N–H and O–H groups in total. The van der Waals surface area contributed by atoms with Crippen LogP contribution in [0.1, 0.15) is 65.2 Å². The highest BCUT2D eigenvalue weighted by Crippen LogP contribution is 2.32. The zero-order valence-corrected chi connectivity index (χ0v) is 12.5. The lowest BCUT2D eigenvalue weighted by Gasteiger charge is -2.29. The van der Waals surface area contributed by atoms with Gasteiger partial charge >= 0.3 is 0 Å². The van der Waals surface area contributed by atoms with Crippen LogP contribution in [0.15, 0.2) is 0 Å². The van der Waals surface area contributed by atoms with Crippen LogP contribution in [0.3, 0.4) is 0 Å². The van der Waals surface area contributed by atoms with Crippen molar-refractivity contribution >= 4 is 5.91 Å². The minimum atomic E-state index is -0.302. The summed E-state index contributed by atoms with van der Waals surface area (Å²) in [7, 11) is 0. The molecule has 1 aliphatic carbocycles. The molecule has 2 rings (SSSR count). The van der Waals surface area contributed by atoms with Crippen molar-refractivity contribution in [1.82, 2.24) is 4.90 Å². The van der Waals surface area contributed by atoms with Crippen LogP contribution in [0.2, 0.25) is 0 Å². The van der Waals surface area contributed by atoms with Crippen LogP contribution in [-0.4, -0.2) is 34.6 Å². The molecule has 0 aromatic rings. The van der Waals surface area contributed by atoms with Gasteiger partial charge in [0.05, 0.1) is 6.10 Å². The fraction of sp³-hybridized carbons (Fsp3) is 0.938. The molecular formula is C16H29NO2. The normalized spacial score (nSPS) is 27.7. The van der Waals surface area contributed by atoms with Crippen molar-refractivity contribution in [1.29, 1.82) is 0 Å². The van der Waals surface area contributed by atoms with Crippen LogP contribution < -0.4 is 0 Å². The van der Waals surface area contributed by atoms with Gasteiger partial charge in [0, 0.05) is 18.5 Å². The third-order valence-corrected chi connectivity index (χ3v) is 4.86. The molecule has 3 heteroatoms. The molecule has 1 saturated heterocycles. The van der Waals surface area contributed by atoms with Gasteiger partial charge < -0.3 is 10.0 Å². The van der Waals surface area contributed by atoms with Gasteiger partial charge in [-0.05, 0) is 38.5 Å². The number of aliphatic hydroxyl groups is 1. The van der Waals surface area contributed by atoms with E-state index in [1.54, 1.807) is 0 Å². The summed E-state index contributed by atoms with van der Waals surface area (Å²) in [5.74, 6) is 1.27. The van der Waals surface area contributed by atoms with Crippen LogP contribution in [0, 0.1) is 11.8 Å². The molecule has 0 radical (unpaired) electrons. The number of carbonyl (C=O) groups excluding carboxylic acids is 1. The van der Waals surface area contributed by atoms with Gasteiger partial charge in [-0.2, -0.15) is 0 Å². The molecule has 0 bridgehead atoms. The summed E-state index contributed by atoms with van der Waals surface area (Å²) in [5.41, 5.74) is 0. The second-order valence-corrected chi connectivity index (χ2v) is 6.70. The van der Waals surface area contributed by atoms with E-state index in [4.69, 9.17) is 0 Å². The quantitative estimate of drug-likeness (QED) is 0.832. The van der Waals surface area contributed by atoms with E-state index in [2.05, 4.69) is 6.92 Å². The molecule has 0 spiro atoms. The maximum Gasteiger partial charge on any atom is 0.225 e. The molecule has 0 aromatic heterocycles. The lowest BCUT2D eigenvalue weighted by atomic mass is 9.93. The zero-order chi connectivity index (χ0) is 13.8. The number of hydrogen-bond acceptors (Lipinski definition) is 2. The molecule has 2 fully saturated rings. The van der Waals surface area contributed by atoms with Crippen molar-refractivity contribution in [3.63, 3.8) is 0 Å². The maximum absolute atomic E-state index is 12.6. The van der Waals surface area contributed by atoms with Crippen molar-refractivity contribution in [2.24, 2.45) is 11.8 Å². The average molecular weight is 267 g/mol. The van der Waals surface area contributed by atoms with Gasteiger partial charge in [-0.25, -0.2) is 0 Å². The summed E-state index contributed by atoms with van der Waals surface area (Å²) < 4.78 is 0. The molecule has 0 aromatic carbocycles. The average Bonchev–Trinajstić information content (AvgIpc) is 2.98. The predicted octanol–water partition coefficient (Wildman–Crippen LogP) is 2.96. The Morgan fingerprint density at radius 2 is 1.84 bits per heavy atom. The SMILES string of the molecule is CC(O)CC1CCCN1C(=O)C(C)CC1CCCC1. The van der Waals surface area contributed by atoms with Gasteiger partial charge in [-0.15, -0.1) is 0 Å². The van der Waals surface area contributed by atoms with E-state index in [9.17, 15) is 9.90 Å². The first kappa shape index (κ1) is 14.8. The van der Waals surface area contributed by atoms with E-state index >= 15 is 0 Å². The van der Waals surface area contributed by atoms with Crippen LogP contribution in [0.4, 0.5) is 0 Å². The lowest BCUT2D eigenvalue weighted by Crippen LogP contribution is -2.40. The Labute approximate surface area is 117 Å². The Kier molecular flexibility index (Phi) is 5.26. The first-order chi connectivity index (χ1) is 9.08. The third kappa shape index (κ3) is 3.95. The Bertz CT molecular complexity index is 297. The van der Waals surface area contributed by atoms with Crippen LogP contribution >= 0.6 is 0 Å². The maximum atomic E-state index is 12.6. The summed E-state index contributed by atoms with van der Waals surface area (Å²) in [4.78, 5) is 14.6. The standard InChI is InChI=1S/C16H29NO2/c1-12(10-14-6-3-4-7-14)16(19)17-9-5-8-15(17)11-13(2)18/h12-15,18H,3-11H2,1-2H3. The molecule has 1 aliphatic heterocycles. The van der Waals surface area contributed by atoms with E-state index in [0.29, 0.717) is 5.91 Å². The highest BCUT2D eigenvalue weighted by atomic mass is 16.3. The minimum absolute atomic E-state index is 0.165. The molecule has 1 heterocycles. The zero-order valence-electron chi connectivity index (χ0n) is 12.5. The van der Waals surface area contributed by atoms with Gasteiger partial charge in [0.15, 0.2) is 0 Å². The highest BCUT2D eigenvalue weighted by molar-refractivity contribution is 5.79. The molecule has 3 nitrogen and oxygen atoms in total. The first-order valence-electron chi connectivity index (χ1n) is 8.06. The van der Waals surface area contributed by atoms with Crippen molar-refractivity contribution in [3.8, 4) is 0 Å². The summed E-state index contributed by atoms with van der Waals surface area (Å²) in [6.07, 6.45) is 8.98. The summed E-state index contributed by atoms with van der Waals surface area (Å²) in [6.45, 7) is 4.81. The smallest absolute Gasteiger partial charge is 0.225 e. The minimum Gasteiger partial charge on any atom is -0.393 e. The second-order valence-electron chi connectivity index (χ2n) is 6.70. The predicted molar refractivity (Wildman–Crippen MR) is 76.8 cm³/mol. The number of hydrogen-bond donors (Lipinski definition) is 1. The van der Waals surface area contributed by atoms with E-state index < -0.39 is 0 Å². The summed E-state index contributed by atoms with van der Waals surface area (Å²) in [6, 6.07) is 0.276.